The highest BCUT2D eigenvalue weighted by molar-refractivity contribution is 6.33. The number of aliphatic hydroxyl groups excluding tert-OH is 1. The van der Waals surface area contributed by atoms with Crippen molar-refractivity contribution in [2.75, 3.05) is 0 Å². The number of benzene rings is 2. The van der Waals surface area contributed by atoms with Crippen molar-refractivity contribution in [1.29, 1.82) is 0 Å². The third-order valence-corrected chi connectivity index (χ3v) is 6.41. The summed E-state index contributed by atoms with van der Waals surface area (Å²) in [6.07, 6.45) is 3.20. The van der Waals surface area contributed by atoms with Gasteiger partial charge in [0, 0.05) is 17.4 Å². The zero-order valence-electron chi connectivity index (χ0n) is 15.5. The summed E-state index contributed by atoms with van der Waals surface area (Å²) in [6, 6.07) is 9.22. The van der Waals surface area contributed by atoms with Crippen molar-refractivity contribution in [3.8, 4) is 11.1 Å². The van der Waals surface area contributed by atoms with Gasteiger partial charge in [-0.05, 0) is 60.9 Å². The van der Waals surface area contributed by atoms with Gasteiger partial charge in [0.1, 0.15) is 11.6 Å². The van der Waals surface area contributed by atoms with E-state index in [4.69, 9.17) is 11.6 Å². The van der Waals surface area contributed by atoms with Crippen LogP contribution in [0.2, 0.25) is 5.02 Å². The highest BCUT2D eigenvalue weighted by Gasteiger charge is 2.41. The first kappa shape index (κ1) is 18.2. The predicted molar refractivity (Wildman–Crippen MR) is 106 cm³/mol. The summed E-state index contributed by atoms with van der Waals surface area (Å²) in [4.78, 5) is 13.0. The molecule has 4 heteroatoms. The molecule has 0 amide bonds. The van der Waals surface area contributed by atoms with Gasteiger partial charge in [-0.25, -0.2) is 4.39 Å². The number of fused-ring (bicyclic) bond motifs is 2. The van der Waals surface area contributed by atoms with E-state index in [-0.39, 0.29) is 28.4 Å². The Hall–Kier alpha value is -2.13. The molecule has 0 heterocycles. The minimum Gasteiger partial charge on any atom is -0.511 e. The van der Waals surface area contributed by atoms with Crippen molar-refractivity contribution in [1.82, 2.24) is 0 Å². The zero-order valence-corrected chi connectivity index (χ0v) is 16.2. The number of Topliss-reactive ketones (excluding diaryl/α,β-unsaturated/α-hetero) is 1. The number of allylic oxidation sites excluding steroid dienone is 2. The van der Waals surface area contributed by atoms with Crippen LogP contribution in [-0.4, -0.2) is 10.9 Å². The summed E-state index contributed by atoms with van der Waals surface area (Å²) in [5.74, 6) is -0.0775. The van der Waals surface area contributed by atoms with Gasteiger partial charge in [0.2, 0.25) is 0 Å². The van der Waals surface area contributed by atoms with Gasteiger partial charge in [-0.1, -0.05) is 42.8 Å². The number of aryl methyl sites for hydroxylation is 2. The molecule has 2 aliphatic carbocycles. The van der Waals surface area contributed by atoms with Crippen LogP contribution in [0.15, 0.2) is 36.1 Å². The molecular weight excluding hydrogens is 363 g/mol. The average molecular weight is 385 g/mol. The Morgan fingerprint density at radius 3 is 2.63 bits per heavy atom. The number of carbonyl (C=O) groups is 1. The first-order chi connectivity index (χ1) is 12.9. The second kappa shape index (κ2) is 6.79. The summed E-state index contributed by atoms with van der Waals surface area (Å²) in [6.45, 7) is 3.70. The molecule has 0 radical (unpaired) electrons. The van der Waals surface area contributed by atoms with E-state index in [0.29, 0.717) is 16.7 Å². The third-order valence-electron chi connectivity index (χ3n) is 6.04. The van der Waals surface area contributed by atoms with Crippen molar-refractivity contribution in [3.63, 3.8) is 0 Å². The van der Waals surface area contributed by atoms with Gasteiger partial charge in [-0.2, -0.15) is 0 Å². The molecule has 2 bridgehead atoms. The molecule has 4 rings (SSSR count). The van der Waals surface area contributed by atoms with Crippen LogP contribution < -0.4 is 0 Å². The molecule has 1 saturated carbocycles. The molecule has 140 valence electrons. The van der Waals surface area contributed by atoms with E-state index in [9.17, 15) is 14.3 Å². The molecule has 0 saturated heterocycles. The van der Waals surface area contributed by atoms with Gasteiger partial charge in [-0.15, -0.1) is 0 Å². The number of halogens is 2. The summed E-state index contributed by atoms with van der Waals surface area (Å²) < 4.78 is 14.3. The van der Waals surface area contributed by atoms with Crippen molar-refractivity contribution in [3.05, 3.63) is 63.6 Å². The molecule has 2 aromatic rings. The van der Waals surface area contributed by atoms with Crippen molar-refractivity contribution < 1.29 is 14.3 Å². The number of hydrogen-bond donors (Lipinski definition) is 1. The number of aliphatic hydroxyl groups is 1. The maximum Gasteiger partial charge on any atom is 0.169 e. The summed E-state index contributed by atoms with van der Waals surface area (Å²) in [5.41, 5.74) is 4.04. The van der Waals surface area contributed by atoms with Crippen molar-refractivity contribution >= 4 is 23.0 Å². The monoisotopic (exact) mass is 384 g/mol. The van der Waals surface area contributed by atoms with E-state index in [1.807, 2.05) is 25.1 Å². The quantitative estimate of drug-likeness (QED) is 0.675. The average Bonchev–Trinajstić information content (AvgIpc) is 3.12. The topological polar surface area (TPSA) is 37.3 Å². The van der Waals surface area contributed by atoms with E-state index >= 15 is 0 Å². The summed E-state index contributed by atoms with van der Waals surface area (Å²) >= 11 is 6.26. The van der Waals surface area contributed by atoms with Crippen molar-refractivity contribution in [2.24, 2.45) is 11.8 Å². The van der Waals surface area contributed by atoms with Crippen LogP contribution >= 0.6 is 11.6 Å². The van der Waals surface area contributed by atoms with Crippen LogP contribution in [0.5, 0.6) is 0 Å². The van der Waals surface area contributed by atoms with Gasteiger partial charge in [0.05, 0.1) is 10.6 Å². The van der Waals surface area contributed by atoms with E-state index in [1.165, 1.54) is 0 Å². The molecule has 2 atom stereocenters. The minimum atomic E-state index is -0.427. The van der Waals surface area contributed by atoms with E-state index in [2.05, 4.69) is 0 Å². The van der Waals surface area contributed by atoms with Gasteiger partial charge in [0.15, 0.2) is 5.78 Å². The number of carbonyl (C=O) groups excluding carboxylic acids is 1. The molecule has 2 aromatic carbocycles. The SMILES string of the molecule is CCc1ccc(-c2ccc(C)c(F)c2Cl)cc1C1=C(O)C2CCC(C2)C1=O. The Bertz CT molecular complexity index is 977. The van der Waals surface area contributed by atoms with Gasteiger partial charge in [-0.3, -0.25) is 4.79 Å². The molecule has 1 fully saturated rings. The van der Waals surface area contributed by atoms with Crippen LogP contribution in [0.1, 0.15) is 42.9 Å². The van der Waals surface area contributed by atoms with Gasteiger partial charge < -0.3 is 5.11 Å². The Morgan fingerprint density at radius 1 is 1.15 bits per heavy atom. The van der Waals surface area contributed by atoms with E-state index in [1.54, 1.807) is 19.1 Å². The summed E-state index contributed by atoms with van der Waals surface area (Å²) in [5, 5.41) is 10.9. The Balaban J connectivity index is 1.90. The molecule has 0 aliphatic heterocycles. The van der Waals surface area contributed by atoms with Crippen LogP contribution in [-0.2, 0) is 11.2 Å². The largest absolute Gasteiger partial charge is 0.511 e. The number of ketones is 1. The third kappa shape index (κ3) is 2.89. The molecule has 1 N–H and O–H groups in total. The lowest BCUT2D eigenvalue weighted by Gasteiger charge is -2.23. The number of rotatable bonds is 3. The Labute approximate surface area is 163 Å². The molecular formula is C23H22ClFO2. The van der Waals surface area contributed by atoms with Crippen LogP contribution in [0.3, 0.4) is 0 Å². The molecule has 2 unspecified atom stereocenters. The van der Waals surface area contributed by atoms with Crippen LogP contribution in [0.25, 0.3) is 16.7 Å². The molecule has 2 nitrogen and oxygen atoms in total. The van der Waals surface area contributed by atoms with Gasteiger partial charge >= 0.3 is 0 Å². The zero-order chi connectivity index (χ0) is 19.3. The fourth-order valence-corrected chi connectivity index (χ4v) is 4.75. The van der Waals surface area contributed by atoms with E-state index in [0.717, 1.165) is 42.4 Å². The van der Waals surface area contributed by atoms with Gasteiger partial charge in [0.25, 0.3) is 0 Å². The first-order valence-electron chi connectivity index (χ1n) is 9.48. The lowest BCUT2D eigenvalue weighted by atomic mass is 9.81. The second-order valence-corrected chi connectivity index (χ2v) is 7.99. The Morgan fingerprint density at radius 2 is 1.89 bits per heavy atom. The summed E-state index contributed by atoms with van der Waals surface area (Å²) in [7, 11) is 0. The minimum absolute atomic E-state index is 0.00895. The fraction of sp³-hybridized carbons (Fsp3) is 0.348. The Kier molecular flexibility index (Phi) is 4.59. The lowest BCUT2D eigenvalue weighted by molar-refractivity contribution is -0.117. The fourth-order valence-electron chi connectivity index (χ4n) is 4.43. The number of hydrogen-bond acceptors (Lipinski definition) is 2. The first-order valence-corrected chi connectivity index (χ1v) is 9.85. The smallest absolute Gasteiger partial charge is 0.169 e. The molecule has 2 aliphatic rings. The highest BCUT2D eigenvalue weighted by Crippen LogP contribution is 2.46. The molecule has 27 heavy (non-hydrogen) atoms. The van der Waals surface area contributed by atoms with Crippen LogP contribution in [0, 0.1) is 24.6 Å². The van der Waals surface area contributed by atoms with Crippen molar-refractivity contribution in [2.45, 2.75) is 39.5 Å². The maximum atomic E-state index is 14.3. The lowest BCUT2D eigenvalue weighted by Crippen LogP contribution is -2.22. The van der Waals surface area contributed by atoms with E-state index < -0.39 is 5.82 Å². The standard InChI is InChI=1S/C23H22ClFO2/c1-3-13-5-6-14(17-9-4-12(2)21(25)20(17)24)11-18(13)19-22(26)15-7-8-16(10-15)23(19)27/h4-6,9,11,15-16,26H,3,7-8,10H2,1-2H3. The second-order valence-electron chi connectivity index (χ2n) is 7.61. The maximum absolute atomic E-state index is 14.3. The highest BCUT2D eigenvalue weighted by atomic mass is 35.5. The molecule has 0 aromatic heterocycles. The molecule has 0 spiro atoms. The normalized spacial score (nSPS) is 21.9. The predicted octanol–water partition coefficient (Wildman–Crippen LogP) is 6.29. The van der Waals surface area contributed by atoms with Crippen LogP contribution in [0.4, 0.5) is 4.39 Å².